The molecule has 0 atom stereocenters. The molecule has 0 aliphatic carbocycles. The third-order valence-electron chi connectivity index (χ3n) is 5.11. The molecule has 27 heavy (non-hydrogen) atoms. The maximum atomic E-state index is 3.52. The Morgan fingerprint density at radius 3 is 1.81 bits per heavy atom. The average Bonchev–Trinajstić information content (AvgIpc) is 2.72. The van der Waals surface area contributed by atoms with Crippen LogP contribution in [0.3, 0.4) is 0 Å². The predicted octanol–water partition coefficient (Wildman–Crippen LogP) is 3.57. The van der Waals surface area contributed by atoms with E-state index in [1.165, 1.54) is 27.0 Å². The fraction of sp³-hybridized carbons (Fsp3) is 0.455. The van der Waals surface area contributed by atoms with Crippen LogP contribution in [0.25, 0.3) is 0 Å². The Kier molecular flexibility index (Phi) is 7.56. The molecule has 146 valence electrons. The van der Waals surface area contributed by atoms with E-state index in [2.05, 4.69) is 92.7 Å². The second kappa shape index (κ2) is 10.1. The molecule has 0 saturated carbocycles. The van der Waals surface area contributed by atoms with E-state index in [1.807, 2.05) is 0 Å². The first-order chi connectivity index (χ1) is 13.1. The van der Waals surface area contributed by atoms with Crippen LogP contribution in [0, 0.1) is 13.8 Å². The van der Waals surface area contributed by atoms with Crippen molar-refractivity contribution >= 4 is 27.3 Å². The van der Waals surface area contributed by atoms with Crippen molar-refractivity contribution in [3.63, 3.8) is 0 Å². The molecule has 2 fully saturated rings. The summed E-state index contributed by atoms with van der Waals surface area (Å²) in [5.74, 6) is 0. The lowest BCUT2D eigenvalue weighted by Crippen LogP contribution is -2.43. The van der Waals surface area contributed by atoms with Gasteiger partial charge in [-0.2, -0.15) is 0 Å². The Bertz CT molecular complexity index is 722. The lowest BCUT2D eigenvalue weighted by Gasteiger charge is -2.29. The molecular formula is C22H31BrN4. The summed E-state index contributed by atoms with van der Waals surface area (Å²) in [6.07, 6.45) is 0. The minimum Gasteiger partial charge on any atom is -0.369 e. The van der Waals surface area contributed by atoms with E-state index < -0.39 is 0 Å². The van der Waals surface area contributed by atoms with Gasteiger partial charge in [-0.25, -0.2) is 0 Å². The molecule has 2 N–H and O–H groups in total. The molecule has 5 heteroatoms. The molecule has 2 saturated heterocycles. The molecule has 4 nitrogen and oxygen atoms in total. The van der Waals surface area contributed by atoms with Crippen LogP contribution in [0.2, 0.25) is 0 Å². The largest absolute Gasteiger partial charge is 0.369 e. The van der Waals surface area contributed by atoms with Crippen LogP contribution in [-0.2, 0) is 0 Å². The Balaban J connectivity index is 0.000000156. The quantitative estimate of drug-likeness (QED) is 0.761. The van der Waals surface area contributed by atoms with Crippen LogP contribution in [0.1, 0.15) is 11.1 Å². The van der Waals surface area contributed by atoms with E-state index in [1.54, 1.807) is 0 Å². The van der Waals surface area contributed by atoms with Crippen molar-refractivity contribution in [2.45, 2.75) is 13.8 Å². The van der Waals surface area contributed by atoms with Gasteiger partial charge in [0.1, 0.15) is 0 Å². The lowest BCUT2D eigenvalue weighted by molar-refractivity contribution is 0.589. The fourth-order valence-electron chi connectivity index (χ4n) is 3.50. The molecular weight excluding hydrogens is 400 g/mol. The fourth-order valence-corrected chi connectivity index (χ4v) is 3.74. The van der Waals surface area contributed by atoms with Crippen LogP contribution in [0.5, 0.6) is 0 Å². The van der Waals surface area contributed by atoms with E-state index >= 15 is 0 Å². The van der Waals surface area contributed by atoms with Crippen LogP contribution in [-0.4, -0.2) is 52.4 Å². The normalized spacial score (nSPS) is 17.3. The van der Waals surface area contributed by atoms with E-state index in [0.29, 0.717) is 0 Å². The first-order valence-electron chi connectivity index (χ1n) is 9.87. The highest BCUT2D eigenvalue weighted by Gasteiger charge is 2.11. The molecule has 0 radical (unpaired) electrons. The summed E-state index contributed by atoms with van der Waals surface area (Å²) >= 11 is 3.52. The number of hydrogen-bond donors (Lipinski definition) is 2. The highest BCUT2D eigenvalue weighted by atomic mass is 79.9. The molecule has 0 spiro atoms. The van der Waals surface area contributed by atoms with Gasteiger partial charge in [0.2, 0.25) is 0 Å². The van der Waals surface area contributed by atoms with Crippen molar-refractivity contribution in [2.24, 2.45) is 0 Å². The van der Waals surface area contributed by atoms with Crippen LogP contribution in [0.4, 0.5) is 11.4 Å². The number of aryl methyl sites for hydroxylation is 2. The molecule has 2 aromatic carbocycles. The number of benzene rings is 2. The topological polar surface area (TPSA) is 30.5 Å². The van der Waals surface area contributed by atoms with Gasteiger partial charge in [-0.15, -0.1) is 0 Å². The number of piperazine rings is 2. The van der Waals surface area contributed by atoms with Gasteiger partial charge in [0.05, 0.1) is 0 Å². The number of hydrogen-bond acceptors (Lipinski definition) is 4. The number of rotatable bonds is 2. The summed E-state index contributed by atoms with van der Waals surface area (Å²) < 4.78 is 1.19. The molecule has 2 aromatic rings. The number of anilines is 2. The molecule has 0 unspecified atom stereocenters. The second-order valence-electron chi connectivity index (χ2n) is 7.25. The predicted molar refractivity (Wildman–Crippen MR) is 120 cm³/mol. The highest BCUT2D eigenvalue weighted by molar-refractivity contribution is 9.10. The maximum absolute atomic E-state index is 3.52. The lowest BCUT2D eigenvalue weighted by atomic mass is 10.2. The van der Waals surface area contributed by atoms with Gasteiger partial charge in [-0.1, -0.05) is 28.1 Å². The smallest absolute Gasteiger partial charge is 0.0370 e. The molecule has 2 aliphatic rings. The third-order valence-corrected chi connectivity index (χ3v) is 6.00. The number of nitrogens with one attached hydrogen (secondary N) is 2. The molecule has 0 amide bonds. The minimum atomic E-state index is 1.09. The molecule has 0 aromatic heterocycles. The first-order valence-corrected chi connectivity index (χ1v) is 10.7. The second-order valence-corrected chi connectivity index (χ2v) is 8.10. The van der Waals surface area contributed by atoms with Crippen molar-refractivity contribution in [3.05, 3.63) is 58.1 Å². The summed E-state index contributed by atoms with van der Waals surface area (Å²) in [6.45, 7) is 13.2. The monoisotopic (exact) mass is 430 g/mol. The van der Waals surface area contributed by atoms with E-state index in [9.17, 15) is 0 Å². The highest BCUT2D eigenvalue weighted by Crippen LogP contribution is 2.23. The van der Waals surface area contributed by atoms with Gasteiger partial charge in [0, 0.05) is 68.2 Å². The van der Waals surface area contributed by atoms with Gasteiger partial charge < -0.3 is 20.4 Å². The van der Waals surface area contributed by atoms with Crippen molar-refractivity contribution in [2.75, 3.05) is 62.2 Å². The third kappa shape index (κ3) is 5.96. The van der Waals surface area contributed by atoms with Gasteiger partial charge in [-0.3, -0.25) is 0 Å². The maximum Gasteiger partial charge on any atom is 0.0370 e. The average molecular weight is 431 g/mol. The van der Waals surface area contributed by atoms with Gasteiger partial charge in [0.25, 0.3) is 0 Å². The van der Waals surface area contributed by atoms with Crippen LogP contribution >= 0.6 is 15.9 Å². The van der Waals surface area contributed by atoms with E-state index in [4.69, 9.17) is 0 Å². The number of nitrogens with zero attached hydrogens (tertiary/aromatic N) is 2. The molecule has 2 aliphatic heterocycles. The Labute approximate surface area is 172 Å². The van der Waals surface area contributed by atoms with Crippen molar-refractivity contribution in [1.29, 1.82) is 0 Å². The zero-order valence-corrected chi connectivity index (χ0v) is 18.1. The SMILES string of the molecule is Cc1cc(N2CCNCC2)ccc1Br.Cc1cccc(N2CCNCC2)c1. The van der Waals surface area contributed by atoms with Crippen molar-refractivity contribution in [3.8, 4) is 0 Å². The summed E-state index contributed by atoms with van der Waals surface area (Å²) in [6, 6.07) is 15.3. The van der Waals surface area contributed by atoms with Crippen molar-refractivity contribution < 1.29 is 0 Å². The van der Waals surface area contributed by atoms with Gasteiger partial charge >= 0.3 is 0 Å². The van der Waals surface area contributed by atoms with Crippen molar-refractivity contribution in [1.82, 2.24) is 10.6 Å². The summed E-state index contributed by atoms with van der Waals surface area (Å²) in [7, 11) is 0. The van der Waals surface area contributed by atoms with Gasteiger partial charge in [-0.05, 0) is 55.3 Å². The van der Waals surface area contributed by atoms with E-state index in [-0.39, 0.29) is 0 Å². The zero-order chi connectivity index (χ0) is 19.1. The minimum absolute atomic E-state index is 1.09. The summed E-state index contributed by atoms with van der Waals surface area (Å²) in [5.41, 5.74) is 5.35. The Hall–Kier alpha value is -1.56. The van der Waals surface area contributed by atoms with Gasteiger partial charge in [0.15, 0.2) is 0 Å². The zero-order valence-electron chi connectivity index (χ0n) is 16.5. The summed E-state index contributed by atoms with van der Waals surface area (Å²) in [5, 5.41) is 6.72. The standard InChI is InChI=1S/C11H15BrN2.C11H16N2/c1-9-8-10(2-3-11(9)12)14-6-4-13-5-7-14;1-10-3-2-4-11(9-10)13-7-5-12-6-8-13/h2-3,8,13H,4-7H2,1H3;2-4,9,12H,5-8H2,1H3. The van der Waals surface area contributed by atoms with Crippen LogP contribution < -0.4 is 20.4 Å². The molecule has 2 heterocycles. The van der Waals surface area contributed by atoms with E-state index in [0.717, 1.165) is 52.4 Å². The Morgan fingerprint density at radius 1 is 0.741 bits per heavy atom. The molecule has 4 rings (SSSR count). The Morgan fingerprint density at radius 2 is 1.30 bits per heavy atom. The first kappa shape index (κ1) is 20.2. The summed E-state index contributed by atoms with van der Waals surface area (Å²) in [4.78, 5) is 4.86. The number of halogens is 1. The molecule has 0 bridgehead atoms. The van der Waals surface area contributed by atoms with Crippen LogP contribution in [0.15, 0.2) is 46.9 Å².